The van der Waals surface area contributed by atoms with Crippen LogP contribution in [0.4, 0.5) is 36.4 Å². The van der Waals surface area contributed by atoms with Gasteiger partial charge >= 0.3 is 19.4 Å². The number of halogens is 7. The highest BCUT2D eigenvalue weighted by Gasteiger charge is 2.35. The number of hydrogen-bond donors (Lipinski definition) is 3. The zero-order valence-corrected chi connectivity index (χ0v) is 23.8. The van der Waals surface area contributed by atoms with Crippen molar-refractivity contribution in [3.8, 4) is 12.1 Å². The number of nitriles is 2. The lowest BCUT2D eigenvalue weighted by Crippen LogP contribution is -2.46. The second-order valence-electron chi connectivity index (χ2n) is 10.4. The summed E-state index contributed by atoms with van der Waals surface area (Å²) in [4.78, 5) is 4.24. The minimum absolute atomic E-state index is 0.181. The van der Waals surface area contributed by atoms with E-state index in [9.17, 15) is 30.7 Å². The SMILES string of the molecule is CB(O)N1CCC(N)CC1.CN1CCC(Nc2ccc(C#N)c(C(F)(F)F)c2)CC1.N#Cc1ccc(F)cc1C(F)(F)F. The van der Waals surface area contributed by atoms with Gasteiger partial charge < -0.3 is 25.8 Å². The van der Waals surface area contributed by atoms with Gasteiger partial charge in [0.1, 0.15) is 5.82 Å². The van der Waals surface area contributed by atoms with Crippen molar-refractivity contribution in [1.82, 2.24) is 9.71 Å². The van der Waals surface area contributed by atoms with Crippen LogP contribution >= 0.6 is 0 Å². The van der Waals surface area contributed by atoms with E-state index in [1.165, 1.54) is 18.2 Å². The van der Waals surface area contributed by atoms with Gasteiger partial charge in [-0.1, -0.05) is 0 Å². The van der Waals surface area contributed by atoms with Crippen molar-refractivity contribution in [1.29, 1.82) is 10.5 Å². The molecule has 0 spiro atoms. The number of benzene rings is 2. The van der Waals surface area contributed by atoms with Crippen molar-refractivity contribution in [2.75, 3.05) is 38.5 Å². The molecule has 43 heavy (non-hydrogen) atoms. The van der Waals surface area contributed by atoms with E-state index < -0.39 is 34.9 Å². The number of alkyl halides is 6. The van der Waals surface area contributed by atoms with Crippen molar-refractivity contribution in [2.45, 2.75) is 56.9 Å². The summed E-state index contributed by atoms with van der Waals surface area (Å²) in [7, 11) is 1.73. The Bertz CT molecular complexity index is 1260. The zero-order chi connectivity index (χ0) is 32.4. The third-order valence-electron chi connectivity index (χ3n) is 7.04. The van der Waals surface area contributed by atoms with E-state index in [1.54, 1.807) is 12.9 Å². The normalized spacial score (nSPS) is 17.0. The molecule has 0 aromatic heterocycles. The Morgan fingerprint density at radius 3 is 1.81 bits per heavy atom. The lowest BCUT2D eigenvalue weighted by Gasteiger charge is -2.30. The van der Waals surface area contributed by atoms with E-state index in [0.29, 0.717) is 17.8 Å². The molecule has 2 aliphatic heterocycles. The molecule has 0 bridgehead atoms. The van der Waals surface area contributed by atoms with Crippen LogP contribution in [0.1, 0.15) is 47.9 Å². The molecule has 4 N–H and O–H groups in total. The van der Waals surface area contributed by atoms with E-state index in [-0.39, 0.29) is 18.7 Å². The van der Waals surface area contributed by atoms with Gasteiger partial charge in [0.15, 0.2) is 0 Å². The maximum atomic E-state index is 12.9. The summed E-state index contributed by atoms with van der Waals surface area (Å²) in [5.41, 5.74) is 3.08. The van der Waals surface area contributed by atoms with Crippen LogP contribution in [0.3, 0.4) is 0 Å². The molecule has 0 saturated carbocycles. The first-order valence-electron chi connectivity index (χ1n) is 13.6. The van der Waals surface area contributed by atoms with Gasteiger partial charge in [-0.2, -0.15) is 36.9 Å². The number of piperidine rings is 2. The van der Waals surface area contributed by atoms with Crippen molar-refractivity contribution in [3.63, 3.8) is 0 Å². The summed E-state index contributed by atoms with van der Waals surface area (Å²) < 4.78 is 87.3. The molecule has 0 unspecified atom stereocenters. The average molecular weight is 614 g/mol. The monoisotopic (exact) mass is 614 g/mol. The van der Waals surface area contributed by atoms with Crippen LogP contribution in [0.25, 0.3) is 0 Å². The Labute approximate surface area is 246 Å². The number of nitrogens with two attached hydrogens (primary N) is 1. The first-order chi connectivity index (χ1) is 20.0. The number of nitrogens with one attached hydrogen (secondary N) is 1. The standard InChI is InChI=1S/C14H16F3N3.C8H3F4N.C6H15BN2O/c1-20-6-4-11(5-7-20)19-12-3-2-10(9-18)13(8-12)14(15,16)17;9-6-2-1-5(4-13)7(3-6)8(10,11)12;1-7(10)9-4-2-6(8)3-5-9/h2-3,8,11,19H,4-7H2,1H3;1-3H;6,10H,2-5,8H2,1H3. The minimum Gasteiger partial charge on any atom is -0.437 e. The van der Waals surface area contributed by atoms with E-state index >= 15 is 0 Å². The maximum Gasteiger partial charge on any atom is 0.417 e. The lowest BCUT2D eigenvalue weighted by atomic mass is 9.82. The molecular formula is C28H34BF7N6O. The average Bonchev–Trinajstić information content (AvgIpc) is 2.94. The molecular weight excluding hydrogens is 580 g/mol. The molecule has 4 rings (SSSR count). The Morgan fingerprint density at radius 2 is 1.35 bits per heavy atom. The third-order valence-corrected chi connectivity index (χ3v) is 7.04. The molecule has 2 aromatic rings. The summed E-state index contributed by atoms with van der Waals surface area (Å²) in [6.45, 7) is 5.55. The highest BCUT2D eigenvalue weighted by Crippen LogP contribution is 2.34. The molecule has 2 saturated heterocycles. The molecule has 15 heteroatoms. The highest BCUT2D eigenvalue weighted by molar-refractivity contribution is 6.45. The van der Waals surface area contributed by atoms with Gasteiger partial charge in [-0.25, -0.2) is 4.39 Å². The van der Waals surface area contributed by atoms with Gasteiger partial charge in [-0.15, -0.1) is 0 Å². The van der Waals surface area contributed by atoms with Crippen molar-refractivity contribution in [3.05, 3.63) is 64.5 Å². The van der Waals surface area contributed by atoms with Gasteiger partial charge in [0.05, 0.1) is 34.4 Å². The van der Waals surface area contributed by atoms with E-state index in [0.717, 1.165) is 70.1 Å². The predicted molar refractivity (Wildman–Crippen MR) is 149 cm³/mol. The van der Waals surface area contributed by atoms with Crippen LogP contribution in [0.5, 0.6) is 0 Å². The summed E-state index contributed by atoms with van der Waals surface area (Å²) in [5.74, 6) is -1.01. The zero-order valence-electron chi connectivity index (χ0n) is 23.8. The molecule has 2 fully saturated rings. The lowest BCUT2D eigenvalue weighted by molar-refractivity contribution is -0.138. The second-order valence-corrected chi connectivity index (χ2v) is 10.4. The van der Waals surface area contributed by atoms with Gasteiger partial charge in [0.2, 0.25) is 0 Å². The van der Waals surface area contributed by atoms with Gasteiger partial charge in [0.25, 0.3) is 0 Å². The Kier molecular flexibility index (Phi) is 13.3. The fourth-order valence-corrected chi connectivity index (χ4v) is 4.50. The van der Waals surface area contributed by atoms with Crippen LogP contribution in [0, 0.1) is 28.5 Å². The smallest absolute Gasteiger partial charge is 0.417 e. The second kappa shape index (κ2) is 15.9. The molecule has 0 atom stereocenters. The summed E-state index contributed by atoms with van der Waals surface area (Å²) in [6.07, 6.45) is -5.35. The number of hydrogen-bond acceptors (Lipinski definition) is 7. The van der Waals surface area contributed by atoms with E-state index in [1.807, 2.05) is 11.9 Å². The number of nitrogens with zero attached hydrogens (tertiary/aromatic N) is 4. The topological polar surface area (TPSA) is 112 Å². The van der Waals surface area contributed by atoms with Crippen molar-refractivity contribution in [2.24, 2.45) is 5.73 Å². The molecule has 7 nitrogen and oxygen atoms in total. The molecule has 234 valence electrons. The van der Waals surface area contributed by atoms with Crippen LogP contribution in [-0.4, -0.2) is 67.1 Å². The fraction of sp³-hybridized carbons (Fsp3) is 0.500. The number of rotatable bonds is 3. The Hall–Kier alpha value is -3.37. The van der Waals surface area contributed by atoms with Crippen LogP contribution in [0.2, 0.25) is 6.82 Å². The summed E-state index contributed by atoms with van der Waals surface area (Å²) in [5, 5.41) is 29.3. The predicted octanol–water partition coefficient (Wildman–Crippen LogP) is 5.32. The van der Waals surface area contributed by atoms with Crippen LogP contribution in [-0.2, 0) is 12.4 Å². The number of likely N-dealkylation sites (tertiary alicyclic amines) is 1. The van der Waals surface area contributed by atoms with Crippen molar-refractivity contribution < 1.29 is 35.8 Å². The van der Waals surface area contributed by atoms with Crippen LogP contribution in [0.15, 0.2) is 36.4 Å². The third kappa shape index (κ3) is 11.7. The molecule has 2 heterocycles. The fourth-order valence-electron chi connectivity index (χ4n) is 4.50. The molecule has 0 amide bonds. The van der Waals surface area contributed by atoms with E-state index in [4.69, 9.17) is 21.3 Å². The highest BCUT2D eigenvalue weighted by atomic mass is 19.4. The largest absolute Gasteiger partial charge is 0.437 e. The quantitative estimate of drug-likeness (QED) is 0.317. The molecule has 0 radical (unpaired) electrons. The molecule has 2 aromatic carbocycles. The maximum absolute atomic E-state index is 12.9. The summed E-state index contributed by atoms with van der Waals surface area (Å²) >= 11 is 0. The molecule has 2 aliphatic rings. The van der Waals surface area contributed by atoms with Gasteiger partial charge in [0, 0.05) is 17.8 Å². The minimum atomic E-state index is -4.69. The first kappa shape index (κ1) is 35.8. The van der Waals surface area contributed by atoms with Gasteiger partial charge in [-0.3, -0.25) is 0 Å². The summed E-state index contributed by atoms with van der Waals surface area (Å²) in [6, 6.07) is 9.17. The Morgan fingerprint density at radius 1 is 0.860 bits per heavy atom. The van der Waals surface area contributed by atoms with Gasteiger partial charge in [-0.05, 0) is 102 Å². The van der Waals surface area contributed by atoms with Crippen molar-refractivity contribution >= 4 is 12.7 Å². The molecule has 0 aliphatic carbocycles. The first-order valence-corrected chi connectivity index (χ1v) is 13.6. The Balaban J connectivity index is 0.000000242. The van der Waals surface area contributed by atoms with E-state index in [2.05, 4.69) is 10.2 Å². The van der Waals surface area contributed by atoms with Crippen LogP contribution < -0.4 is 11.1 Å². The number of anilines is 1.